The van der Waals surface area contributed by atoms with Gasteiger partial charge in [0.2, 0.25) is 0 Å². The minimum atomic E-state index is -0.510. The molecule has 0 amide bonds. The van der Waals surface area contributed by atoms with Gasteiger partial charge in [0.15, 0.2) is 0 Å². The fraction of sp³-hybridized carbons (Fsp3) is 0.511. The summed E-state index contributed by atoms with van der Waals surface area (Å²) in [5, 5.41) is 0. The Morgan fingerprint density at radius 1 is 0.600 bits per heavy atom. The van der Waals surface area contributed by atoms with Crippen LogP contribution >= 0.6 is 23.5 Å². The number of hydrogen-bond acceptors (Lipinski definition) is 8. The van der Waals surface area contributed by atoms with Gasteiger partial charge in [0, 0.05) is 15.4 Å². The van der Waals surface area contributed by atoms with Gasteiger partial charge in [-0.2, -0.15) is 0 Å². The lowest BCUT2D eigenvalue weighted by atomic mass is 9.94. The van der Waals surface area contributed by atoms with Crippen LogP contribution in [0.2, 0.25) is 0 Å². The Balaban J connectivity index is 1.15. The molecule has 0 heterocycles. The van der Waals surface area contributed by atoms with Crippen molar-refractivity contribution in [1.29, 1.82) is 0 Å². The molecule has 3 atom stereocenters. The lowest BCUT2D eigenvalue weighted by Gasteiger charge is -2.18. The number of ether oxygens (including phenoxy) is 3. The number of benzene rings is 3. The third-order valence-corrected chi connectivity index (χ3v) is 12.8. The van der Waals surface area contributed by atoms with Crippen LogP contribution in [0.1, 0.15) is 143 Å². The van der Waals surface area contributed by atoms with Gasteiger partial charge in [0.1, 0.15) is 18.1 Å². The lowest BCUT2D eigenvalue weighted by Crippen LogP contribution is -2.21. The molecule has 1 fully saturated rings. The predicted octanol–water partition coefficient (Wildman–Crippen LogP) is 13.1. The van der Waals surface area contributed by atoms with Gasteiger partial charge in [0.25, 0.3) is 0 Å². The molecular weight excluding hydrogens is 725 g/mol. The van der Waals surface area contributed by atoms with Crippen LogP contribution < -0.4 is 9.47 Å². The smallest absolute Gasteiger partial charge is 0.343 e. The number of hydrogen-bond donors (Lipinski definition) is 0. The van der Waals surface area contributed by atoms with E-state index in [1.807, 2.05) is 36.0 Å². The molecule has 3 aromatic carbocycles. The van der Waals surface area contributed by atoms with Crippen molar-refractivity contribution in [2.24, 2.45) is 17.8 Å². The summed E-state index contributed by atoms with van der Waals surface area (Å²) >= 11 is 3.61. The molecule has 8 heteroatoms. The summed E-state index contributed by atoms with van der Waals surface area (Å²) < 4.78 is 17.4. The van der Waals surface area contributed by atoms with Crippen molar-refractivity contribution in [3.63, 3.8) is 0 Å². The highest BCUT2D eigenvalue weighted by Crippen LogP contribution is 2.44. The van der Waals surface area contributed by atoms with Crippen molar-refractivity contribution in [3.8, 4) is 11.5 Å². The van der Waals surface area contributed by atoms with E-state index in [2.05, 4.69) is 26.0 Å². The molecule has 0 spiro atoms. The maximum Gasteiger partial charge on any atom is 0.343 e. The van der Waals surface area contributed by atoms with Crippen LogP contribution in [0.5, 0.6) is 11.5 Å². The molecule has 0 saturated heterocycles. The van der Waals surface area contributed by atoms with E-state index < -0.39 is 11.9 Å². The van der Waals surface area contributed by atoms with Crippen molar-refractivity contribution < 1.29 is 28.6 Å². The molecule has 5 rings (SSSR count). The van der Waals surface area contributed by atoms with Gasteiger partial charge in [-0.05, 0) is 116 Å². The Labute approximate surface area is 337 Å². The van der Waals surface area contributed by atoms with E-state index in [4.69, 9.17) is 14.2 Å². The number of rotatable bonds is 25. The Bertz CT molecular complexity index is 1670. The number of unbranched alkanes of at least 4 members (excludes halogenated alkanes) is 12. The third-order valence-electron chi connectivity index (χ3n) is 10.6. The highest BCUT2D eigenvalue weighted by Gasteiger charge is 2.40. The number of esters is 3. The van der Waals surface area contributed by atoms with Crippen LogP contribution in [-0.2, 0) is 16.1 Å². The van der Waals surface area contributed by atoms with Gasteiger partial charge in [-0.1, -0.05) is 103 Å². The van der Waals surface area contributed by atoms with Crippen LogP contribution in [0.15, 0.2) is 88.7 Å². The van der Waals surface area contributed by atoms with Gasteiger partial charge < -0.3 is 14.2 Å². The molecule has 296 valence electrons. The number of allylic oxidation sites excluding steroid dienone is 2. The van der Waals surface area contributed by atoms with E-state index in [9.17, 15) is 14.4 Å². The SMILES string of the molecule is CCCCCCCCCSc1ccc(C(=O)Oc2ccc(OC(=O)c3ccc(SCCCCCCCCC)cc3)c(COC(=O)C3CC4C=CC3C4)c2)cc1. The molecule has 3 aromatic rings. The predicted molar refractivity (Wildman–Crippen MR) is 225 cm³/mol. The Morgan fingerprint density at radius 3 is 1.64 bits per heavy atom. The Kier molecular flexibility index (Phi) is 18.3. The van der Waals surface area contributed by atoms with Gasteiger partial charge in [-0.25, -0.2) is 9.59 Å². The van der Waals surface area contributed by atoms with Gasteiger partial charge in [-0.15, -0.1) is 23.5 Å². The lowest BCUT2D eigenvalue weighted by molar-refractivity contribution is -0.150. The number of carbonyl (C=O) groups is 3. The number of fused-ring (bicyclic) bond motifs is 2. The van der Waals surface area contributed by atoms with Crippen molar-refractivity contribution in [2.75, 3.05) is 11.5 Å². The zero-order chi connectivity index (χ0) is 38.7. The van der Waals surface area contributed by atoms with E-state index in [1.54, 1.807) is 54.2 Å². The minimum Gasteiger partial charge on any atom is -0.460 e. The number of carbonyl (C=O) groups excluding carboxylic acids is 3. The van der Waals surface area contributed by atoms with Crippen LogP contribution in [0.4, 0.5) is 0 Å². The zero-order valence-corrected chi connectivity index (χ0v) is 34.6. The van der Waals surface area contributed by atoms with E-state index in [-0.39, 0.29) is 35.9 Å². The molecule has 2 aliphatic carbocycles. The first-order valence-corrected chi connectivity index (χ1v) is 22.8. The molecule has 55 heavy (non-hydrogen) atoms. The second-order valence-electron chi connectivity index (χ2n) is 15.0. The molecule has 0 radical (unpaired) electrons. The van der Waals surface area contributed by atoms with Gasteiger partial charge >= 0.3 is 17.9 Å². The maximum atomic E-state index is 13.3. The summed E-state index contributed by atoms with van der Waals surface area (Å²) in [5.74, 6) is 1.87. The number of thioether (sulfide) groups is 2. The second kappa shape index (κ2) is 23.5. The standard InChI is InChI=1S/C47H60O6S2/c1-3-5-7-9-11-13-15-29-54-41-24-19-36(20-25-41)45(48)52-40-23-28-44(39(33-40)34-51-47(50)43-32-35-17-18-38(43)31-35)53-46(49)37-21-26-42(27-22-37)55-30-16-14-12-10-8-6-4-2/h17-28,33,35,38,43H,3-16,29-32,34H2,1-2H3. The van der Waals surface area contributed by atoms with Crippen LogP contribution in [0.3, 0.4) is 0 Å². The van der Waals surface area contributed by atoms with Gasteiger partial charge in [0.05, 0.1) is 17.0 Å². The van der Waals surface area contributed by atoms with E-state index >= 15 is 0 Å². The molecular formula is C47H60O6S2. The quantitative estimate of drug-likeness (QED) is 0.0276. The topological polar surface area (TPSA) is 78.9 Å². The molecule has 0 aliphatic heterocycles. The molecule has 6 nitrogen and oxygen atoms in total. The summed E-state index contributed by atoms with van der Waals surface area (Å²) in [5.41, 5.74) is 1.32. The summed E-state index contributed by atoms with van der Waals surface area (Å²) in [6.45, 7) is 4.38. The molecule has 3 unspecified atom stereocenters. The van der Waals surface area contributed by atoms with Crippen molar-refractivity contribution in [1.82, 2.24) is 0 Å². The van der Waals surface area contributed by atoms with Crippen LogP contribution in [0, 0.1) is 17.8 Å². The Morgan fingerprint density at radius 2 is 1.13 bits per heavy atom. The third kappa shape index (κ3) is 14.2. The summed E-state index contributed by atoms with van der Waals surface area (Å²) in [6, 6.07) is 19.8. The fourth-order valence-corrected chi connectivity index (χ4v) is 9.16. The average Bonchev–Trinajstić information content (AvgIpc) is 3.85. The summed E-state index contributed by atoms with van der Waals surface area (Å²) in [6.07, 6.45) is 24.1. The fourth-order valence-electron chi connectivity index (χ4n) is 7.34. The Hall–Kier alpha value is -3.49. The minimum absolute atomic E-state index is 0.108. The highest BCUT2D eigenvalue weighted by molar-refractivity contribution is 7.99. The summed E-state index contributed by atoms with van der Waals surface area (Å²) in [7, 11) is 0. The van der Waals surface area contributed by atoms with Crippen molar-refractivity contribution in [3.05, 3.63) is 95.6 Å². The van der Waals surface area contributed by atoms with Crippen molar-refractivity contribution >= 4 is 41.4 Å². The molecule has 0 N–H and O–H groups in total. The monoisotopic (exact) mass is 784 g/mol. The first-order chi connectivity index (χ1) is 26.9. The normalized spacial score (nSPS) is 17.0. The first-order valence-electron chi connectivity index (χ1n) is 20.8. The largest absolute Gasteiger partial charge is 0.460 e. The van der Waals surface area contributed by atoms with Crippen LogP contribution in [0.25, 0.3) is 0 Å². The molecule has 0 aromatic heterocycles. The zero-order valence-electron chi connectivity index (χ0n) is 32.9. The second-order valence-corrected chi connectivity index (χ2v) is 17.4. The maximum absolute atomic E-state index is 13.3. The highest BCUT2D eigenvalue weighted by atomic mass is 32.2. The van der Waals surface area contributed by atoms with Crippen molar-refractivity contribution in [2.45, 2.75) is 133 Å². The first kappa shape index (κ1) is 42.6. The molecule has 1 saturated carbocycles. The van der Waals surface area contributed by atoms with E-state index in [0.717, 1.165) is 34.1 Å². The van der Waals surface area contributed by atoms with E-state index in [0.29, 0.717) is 22.6 Å². The average molecular weight is 785 g/mol. The van der Waals surface area contributed by atoms with E-state index in [1.165, 1.54) is 89.9 Å². The molecule has 2 bridgehead atoms. The van der Waals surface area contributed by atoms with Gasteiger partial charge in [-0.3, -0.25) is 4.79 Å². The molecule has 2 aliphatic rings. The summed E-state index contributed by atoms with van der Waals surface area (Å²) in [4.78, 5) is 41.9. The van der Waals surface area contributed by atoms with Crippen LogP contribution in [-0.4, -0.2) is 29.4 Å².